The Balaban J connectivity index is 2.66. The van der Waals surface area contributed by atoms with Crippen LogP contribution in [0.5, 0.6) is 0 Å². The normalized spacial score (nSPS) is 9.87. The highest BCUT2D eigenvalue weighted by Gasteiger charge is 2.05. The molecule has 0 spiro atoms. The molecule has 1 rings (SSSR count). The summed E-state index contributed by atoms with van der Waals surface area (Å²) in [4.78, 5) is 13.1. The zero-order valence-electron chi connectivity index (χ0n) is 8.25. The number of hydrogen-bond donors (Lipinski definition) is 0. The maximum Gasteiger partial charge on any atom is 0.251 e. The van der Waals surface area contributed by atoms with Crippen molar-refractivity contribution in [1.82, 2.24) is 0 Å². The van der Waals surface area contributed by atoms with Gasteiger partial charge in [-0.05, 0) is 29.3 Å². The Kier molecular flexibility index (Phi) is 4.45. The summed E-state index contributed by atoms with van der Waals surface area (Å²) in [6.45, 7) is 0. The summed E-state index contributed by atoms with van der Waals surface area (Å²) in [6, 6.07) is 9.33. The molecule has 0 N–H and O–H groups in total. The lowest BCUT2D eigenvalue weighted by Gasteiger charge is -2.14. The van der Waals surface area contributed by atoms with Crippen molar-refractivity contribution in [2.24, 2.45) is 0 Å². The molecule has 0 atom stereocenters. The first-order valence-corrected chi connectivity index (χ1v) is 5.17. The molecule has 0 aliphatic rings. The van der Waals surface area contributed by atoms with Crippen molar-refractivity contribution in [3.8, 4) is 5.40 Å². The van der Waals surface area contributed by atoms with Crippen LogP contribution in [0, 0.1) is 10.7 Å². The standard InChI is InChI=1S/C11H10N2OS/c1-13(10-5-3-2-4-6-10)11(14)7-8-15-9-12/h2-8H,1H3/b8-7-. The number of nitriles is 1. The highest BCUT2D eigenvalue weighted by atomic mass is 32.2. The van der Waals surface area contributed by atoms with E-state index in [1.807, 2.05) is 35.7 Å². The number of benzene rings is 1. The Hall–Kier alpha value is -1.73. The molecule has 1 aromatic carbocycles. The van der Waals surface area contributed by atoms with E-state index < -0.39 is 0 Å². The van der Waals surface area contributed by atoms with Crippen molar-refractivity contribution in [3.05, 3.63) is 41.8 Å². The molecule has 76 valence electrons. The third-order valence-corrected chi connectivity index (χ3v) is 2.18. The minimum absolute atomic E-state index is 0.149. The minimum atomic E-state index is -0.149. The van der Waals surface area contributed by atoms with Gasteiger partial charge in [-0.2, -0.15) is 5.26 Å². The van der Waals surface area contributed by atoms with Gasteiger partial charge in [0, 0.05) is 18.8 Å². The monoisotopic (exact) mass is 218 g/mol. The number of rotatable bonds is 3. The van der Waals surface area contributed by atoms with Gasteiger partial charge in [-0.25, -0.2) is 0 Å². The Morgan fingerprint density at radius 2 is 2.13 bits per heavy atom. The third-order valence-electron chi connectivity index (χ3n) is 1.81. The molecule has 1 amide bonds. The molecular weight excluding hydrogens is 208 g/mol. The smallest absolute Gasteiger partial charge is 0.251 e. The van der Waals surface area contributed by atoms with E-state index in [1.54, 1.807) is 7.05 Å². The summed E-state index contributed by atoms with van der Waals surface area (Å²) in [7, 11) is 1.69. The lowest BCUT2D eigenvalue weighted by Crippen LogP contribution is -2.23. The molecule has 0 saturated heterocycles. The average molecular weight is 218 g/mol. The average Bonchev–Trinajstić information content (AvgIpc) is 2.29. The first kappa shape index (κ1) is 11.3. The number of anilines is 1. The fraction of sp³-hybridized carbons (Fsp3) is 0.0909. The first-order chi connectivity index (χ1) is 7.25. The minimum Gasteiger partial charge on any atom is -0.312 e. The number of thiocyanates is 1. The van der Waals surface area contributed by atoms with Crippen LogP contribution in [0.25, 0.3) is 0 Å². The number of carbonyl (C=O) groups excluding carboxylic acids is 1. The van der Waals surface area contributed by atoms with E-state index in [-0.39, 0.29) is 5.91 Å². The van der Waals surface area contributed by atoms with Crippen LogP contribution in [0.2, 0.25) is 0 Å². The van der Waals surface area contributed by atoms with Crippen LogP contribution in [-0.2, 0) is 4.79 Å². The zero-order valence-corrected chi connectivity index (χ0v) is 9.07. The second-order valence-corrected chi connectivity index (χ2v) is 3.44. The molecule has 0 radical (unpaired) electrons. The number of carbonyl (C=O) groups is 1. The van der Waals surface area contributed by atoms with Gasteiger partial charge < -0.3 is 4.90 Å². The predicted molar refractivity (Wildman–Crippen MR) is 62.2 cm³/mol. The van der Waals surface area contributed by atoms with Crippen molar-refractivity contribution in [3.63, 3.8) is 0 Å². The SMILES string of the molecule is CN(C(=O)/C=C\SC#N)c1ccccc1. The lowest BCUT2D eigenvalue weighted by molar-refractivity contribution is -0.113. The number of likely N-dealkylation sites (N-methyl/N-ethyl adjacent to an activating group) is 1. The predicted octanol–water partition coefficient (Wildman–Crippen LogP) is 2.38. The van der Waals surface area contributed by atoms with Gasteiger partial charge in [-0.15, -0.1) is 0 Å². The molecule has 0 aliphatic carbocycles. The fourth-order valence-corrected chi connectivity index (χ4v) is 1.26. The van der Waals surface area contributed by atoms with Crippen LogP contribution >= 0.6 is 11.8 Å². The maximum atomic E-state index is 11.5. The van der Waals surface area contributed by atoms with E-state index in [0.29, 0.717) is 0 Å². The van der Waals surface area contributed by atoms with E-state index in [2.05, 4.69) is 0 Å². The molecular formula is C11H10N2OS. The van der Waals surface area contributed by atoms with Crippen molar-refractivity contribution < 1.29 is 4.79 Å². The maximum absolute atomic E-state index is 11.5. The van der Waals surface area contributed by atoms with Gasteiger partial charge in [0.25, 0.3) is 5.91 Å². The van der Waals surface area contributed by atoms with Gasteiger partial charge in [0.15, 0.2) is 0 Å². The molecule has 0 aromatic heterocycles. The Morgan fingerprint density at radius 1 is 1.47 bits per heavy atom. The number of nitrogens with zero attached hydrogens (tertiary/aromatic N) is 2. The zero-order chi connectivity index (χ0) is 11.1. The number of hydrogen-bond acceptors (Lipinski definition) is 3. The molecule has 3 nitrogen and oxygen atoms in total. The van der Waals surface area contributed by atoms with E-state index in [1.165, 1.54) is 16.4 Å². The topological polar surface area (TPSA) is 44.1 Å². The number of amides is 1. The molecule has 1 aromatic rings. The van der Waals surface area contributed by atoms with Gasteiger partial charge in [-0.1, -0.05) is 18.2 Å². The van der Waals surface area contributed by atoms with Crippen LogP contribution < -0.4 is 4.90 Å². The largest absolute Gasteiger partial charge is 0.312 e. The van der Waals surface area contributed by atoms with Crippen molar-refractivity contribution >= 4 is 23.4 Å². The van der Waals surface area contributed by atoms with Crippen LogP contribution in [-0.4, -0.2) is 13.0 Å². The van der Waals surface area contributed by atoms with Crippen LogP contribution in [0.3, 0.4) is 0 Å². The van der Waals surface area contributed by atoms with E-state index in [0.717, 1.165) is 17.4 Å². The summed E-state index contributed by atoms with van der Waals surface area (Å²) < 4.78 is 0. The second-order valence-electron chi connectivity index (χ2n) is 2.74. The molecule has 0 unspecified atom stereocenters. The third kappa shape index (κ3) is 3.49. The van der Waals surface area contributed by atoms with Crippen LogP contribution in [0.15, 0.2) is 41.8 Å². The van der Waals surface area contributed by atoms with Crippen molar-refractivity contribution in [1.29, 1.82) is 5.26 Å². The Morgan fingerprint density at radius 3 is 2.73 bits per heavy atom. The van der Waals surface area contributed by atoms with Gasteiger partial charge in [0.1, 0.15) is 5.40 Å². The Bertz CT molecular complexity index is 395. The molecule has 0 heterocycles. The van der Waals surface area contributed by atoms with Crippen molar-refractivity contribution in [2.75, 3.05) is 11.9 Å². The fourth-order valence-electron chi connectivity index (χ4n) is 1.01. The summed E-state index contributed by atoms with van der Waals surface area (Å²) in [5.74, 6) is -0.149. The highest BCUT2D eigenvalue weighted by molar-refractivity contribution is 8.06. The summed E-state index contributed by atoms with van der Waals surface area (Å²) in [5, 5.41) is 11.6. The van der Waals surface area contributed by atoms with Gasteiger partial charge >= 0.3 is 0 Å². The molecule has 15 heavy (non-hydrogen) atoms. The number of para-hydroxylation sites is 1. The summed E-state index contributed by atoms with van der Waals surface area (Å²) in [6.07, 6.45) is 1.38. The molecule has 0 saturated carbocycles. The van der Waals surface area contributed by atoms with Gasteiger partial charge in [0.05, 0.1) is 0 Å². The molecule has 0 aliphatic heterocycles. The Labute approximate surface area is 93.0 Å². The molecule has 4 heteroatoms. The van der Waals surface area contributed by atoms with Crippen LogP contribution in [0.4, 0.5) is 5.69 Å². The van der Waals surface area contributed by atoms with E-state index >= 15 is 0 Å². The van der Waals surface area contributed by atoms with E-state index in [4.69, 9.17) is 5.26 Å². The van der Waals surface area contributed by atoms with Crippen molar-refractivity contribution in [2.45, 2.75) is 0 Å². The van der Waals surface area contributed by atoms with Gasteiger partial charge in [-0.3, -0.25) is 4.79 Å². The quantitative estimate of drug-likeness (QED) is 0.578. The summed E-state index contributed by atoms with van der Waals surface area (Å²) >= 11 is 0.927. The molecule has 0 fully saturated rings. The lowest BCUT2D eigenvalue weighted by atomic mass is 10.3. The van der Waals surface area contributed by atoms with E-state index in [9.17, 15) is 4.79 Å². The van der Waals surface area contributed by atoms with Gasteiger partial charge in [0.2, 0.25) is 0 Å². The molecule has 0 bridgehead atoms. The number of thioether (sulfide) groups is 1. The van der Waals surface area contributed by atoms with Crippen LogP contribution in [0.1, 0.15) is 0 Å². The highest BCUT2D eigenvalue weighted by Crippen LogP contribution is 2.11. The first-order valence-electron chi connectivity index (χ1n) is 4.29. The summed E-state index contributed by atoms with van der Waals surface area (Å²) in [5.41, 5.74) is 0.828. The second kappa shape index (κ2) is 5.89.